The van der Waals surface area contributed by atoms with Crippen molar-refractivity contribution in [3.63, 3.8) is 0 Å². The van der Waals surface area contributed by atoms with Crippen LogP contribution in [0.15, 0.2) is 12.1 Å². The summed E-state index contributed by atoms with van der Waals surface area (Å²) in [5.74, 6) is 2.89. The average Bonchev–Trinajstić information content (AvgIpc) is 3.43. The number of piperidine rings is 1. The van der Waals surface area contributed by atoms with Crippen molar-refractivity contribution in [1.82, 2.24) is 4.90 Å². The van der Waals surface area contributed by atoms with Gasteiger partial charge in [0, 0.05) is 30.0 Å². The fraction of sp³-hybridized carbons (Fsp3) is 0.696. The number of hydrogen-bond acceptors (Lipinski definition) is 4. The predicted molar refractivity (Wildman–Crippen MR) is 102 cm³/mol. The van der Waals surface area contributed by atoms with E-state index in [0.29, 0.717) is 18.2 Å². The zero-order valence-corrected chi connectivity index (χ0v) is 16.4. The molecule has 3 fully saturated rings. The lowest BCUT2D eigenvalue weighted by Gasteiger charge is -2.65. The van der Waals surface area contributed by atoms with E-state index >= 15 is 0 Å². The minimum Gasteiger partial charge on any atom is -0.493 e. The van der Waals surface area contributed by atoms with Crippen LogP contribution in [0.25, 0.3) is 0 Å². The van der Waals surface area contributed by atoms with Crippen LogP contribution in [0.2, 0.25) is 0 Å². The van der Waals surface area contributed by atoms with Gasteiger partial charge >= 0.3 is 0 Å². The molecule has 2 heterocycles. The topological polar surface area (TPSA) is 38.8 Å². The minimum absolute atomic E-state index is 0.140. The largest absolute Gasteiger partial charge is 0.493 e. The van der Waals surface area contributed by atoms with Gasteiger partial charge in [-0.25, -0.2) is 0 Å². The van der Waals surface area contributed by atoms with Crippen molar-refractivity contribution in [3.8, 4) is 11.5 Å². The molecular weight excluding hydrogens is 338 g/mol. The fourth-order valence-corrected chi connectivity index (χ4v) is 7.35. The normalized spacial score (nSPS) is 39.1. The summed E-state index contributed by atoms with van der Waals surface area (Å²) in [7, 11) is 1.71. The summed E-state index contributed by atoms with van der Waals surface area (Å²) >= 11 is 0. The van der Waals surface area contributed by atoms with Gasteiger partial charge in [-0.3, -0.25) is 9.69 Å². The van der Waals surface area contributed by atoms with Crippen molar-refractivity contribution < 1.29 is 14.3 Å². The van der Waals surface area contributed by atoms with E-state index in [9.17, 15) is 4.79 Å². The molecule has 0 unspecified atom stereocenters. The van der Waals surface area contributed by atoms with Crippen LogP contribution in [0.1, 0.15) is 56.6 Å². The van der Waals surface area contributed by atoms with Gasteiger partial charge in [0.15, 0.2) is 23.4 Å². The van der Waals surface area contributed by atoms with Gasteiger partial charge in [0.25, 0.3) is 0 Å². The summed E-state index contributed by atoms with van der Waals surface area (Å²) in [6.07, 6.45) is 7.45. The second kappa shape index (κ2) is 5.28. The van der Waals surface area contributed by atoms with Gasteiger partial charge in [0.05, 0.1) is 12.5 Å². The number of likely N-dealkylation sites (tertiary alicyclic amines) is 1. The number of methoxy groups -OCH3 is 1. The molecule has 27 heavy (non-hydrogen) atoms. The Kier molecular flexibility index (Phi) is 3.21. The molecule has 2 saturated carbocycles. The SMILES string of the molecule is CC[C@@]12CCC(=O)[C@@H]3Oc4c(OC)ccc5c4[C@@]31CCN(CC1CC1)[C@@H]2C5. The van der Waals surface area contributed by atoms with Crippen molar-refractivity contribution in [1.29, 1.82) is 0 Å². The second-order valence-electron chi connectivity index (χ2n) is 9.48. The molecule has 4 atom stereocenters. The Morgan fingerprint density at radius 2 is 2.15 bits per heavy atom. The van der Waals surface area contributed by atoms with Crippen LogP contribution in [-0.2, 0) is 16.6 Å². The van der Waals surface area contributed by atoms with Crippen LogP contribution >= 0.6 is 0 Å². The monoisotopic (exact) mass is 367 g/mol. The summed E-state index contributed by atoms with van der Waals surface area (Å²) < 4.78 is 12.1. The Morgan fingerprint density at radius 3 is 2.89 bits per heavy atom. The maximum absolute atomic E-state index is 13.1. The number of nitrogens with zero attached hydrogens (tertiary/aromatic N) is 1. The van der Waals surface area contributed by atoms with Crippen molar-refractivity contribution >= 4 is 5.78 Å². The Bertz CT molecular complexity index is 831. The van der Waals surface area contributed by atoms with Crippen LogP contribution in [0.4, 0.5) is 0 Å². The van der Waals surface area contributed by atoms with Gasteiger partial charge in [0.2, 0.25) is 0 Å². The number of hydrogen-bond donors (Lipinski definition) is 0. The molecule has 0 N–H and O–H groups in total. The van der Waals surface area contributed by atoms with Crippen molar-refractivity contribution in [2.75, 3.05) is 20.2 Å². The van der Waals surface area contributed by atoms with Crippen molar-refractivity contribution in [3.05, 3.63) is 23.3 Å². The molecule has 144 valence electrons. The molecular formula is C23H29NO3. The maximum atomic E-state index is 13.1. The lowest BCUT2D eigenvalue weighted by Crippen LogP contribution is -2.72. The number of carbonyl (C=O) groups is 1. The first kappa shape index (κ1) is 16.4. The molecule has 4 heteroatoms. The van der Waals surface area contributed by atoms with Crippen LogP contribution in [0, 0.1) is 11.3 Å². The van der Waals surface area contributed by atoms with E-state index in [0.717, 1.165) is 49.6 Å². The lowest BCUT2D eigenvalue weighted by atomic mass is 9.42. The summed E-state index contributed by atoms with van der Waals surface area (Å²) in [6.45, 7) is 4.71. The van der Waals surface area contributed by atoms with Gasteiger partial charge in [0.1, 0.15) is 0 Å². The smallest absolute Gasteiger partial charge is 0.174 e. The second-order valence-corrected chi connectivity index (χ2v) is 9.48. The molecule has 3 aliphatic carbocycles. The standard InChI is InChI=1S/C23H29NO3/c1-3-22-9-8-16(25)21-23(22)10-11-24(13-14-4-5-14)18(22)12-15-6-7-17(26-2)20(27-21)19(15)23/h6-7,14,18,21H,3-5,8-13H2,1-2H3/t18-,21+,22+,23+/m1/s1. The van der Waals surface area contributed by atoms with Crippen molar-refractivity contribution in [2.45, 2.75) is 69.4 Å². The van der Waals surface area contributed by atoms with Crippen molar-refractivity contribution in [2.24, 2.45) is 11.3 Å². The quantitative estimate of drug-likeness (QED) is 0.817. The Balaban J connectivity index is 1.59. The predicted octanol–water partition coefficient (Wildman–Crippen LogP) is 3.49. The molecule has 5 aliphatic rings. The number of ketones is 1. The average molecular weight is 367 g/mol. The molecule has 4 nitrogen and oxygen atoms in total. The maximum Gasteiger partial charge on any atom is 0.174 e. The molecule has 1 aromatic carbocycles. The molecule has 0 amide bonds. The minimum atomic E-state index is -0.304. The number of ether oxygens (including phenoxy) is 2. The van der Waals surface area contributed by atoms with Crippen LogP contribution in [-0.4, -0.2) is 43.0 Å². The molecule has 1 saturated heterocycles. The van der Waals surface area contributed by atoms with Crippen LogP contribution < -0.4 is 9.47 Å². The molecule has 0 radical (unpaired) electrons. The lowest BCUT2D eigenvalue weighted by molar-refractivity contribution is -0.156. The summed E-state index contributed by atoms with van der Waals surface area (Å²) in [4.78, 5) is 15.9. The molecule has 6 rings (SSSR count). The van der Waals surface area contributed by atoms with Gasteiger partial charge < -0.3 is 9.47 Å². The van der Waals surface area contributed by atoms with Gasteiger partial charge in [-0.2, -0.15) is 0 Å². The third-order valence-electron chi connectivity index (χ3n) is 8.66. The van der Waals surface area contributed by atoms with Gasteiger partial charge in [-0.05, 0) is 62.6 Å². The number of rotatable bonds is 4. The molecule has 0 aromatic heterocycles. The van der Waals surface area contributed by atoms with Gasteiger partial charge in [-0.15, -0.1) is 0 Å². The highest BCUT2D eigenvalue weighted by Crippen LogP contribution is 2.69. The Hall–Kier alpha value is -1.55. The van der Waals surface area contributed by atoms with E-state index in [-0.39, 0.29) is 16.9 Å². The fourth-order valence-electron chi connectivity index (χ4n) is 7.35. The summed E-state index contributed by atoms with van der Waals surface area (Å²) in [6, 6.07) is 4.84. The molecule has 2 aliphatic heterocycles. The van der Waals surface area contributed by atoms with Crippen LogP contribution in [0.3, 0.4) is 0 Å². The van der Waals surface area contributed by atoms with E-state index in [2.05, 4.69) is 17.9 Å². The molecule has 1 aromatic rings. The van der Waals surface area contributed by atoms with E-state index in [4.69, 9.17) is 9.47 Å². The van der Waals surface area contributed by atoms with E-state index in [1.165, 1.54) is 30.5 Å². The highest BCUT2D eigenvalue weighted by atomic mass is 16.5. The first-order valence-electron chi connectivity index (χ1n) is 10.8. The third kappa shape index (κ3) is 1.81. The third-order valence-corrected chi connectivity index (χ3v) is 8.66. The first-order valence-corrected chi connectivity index (χ1v) is 10.8. The summed E-state index contributed by atoms with van der Waals surface area (Å²) in [5.41, 5.74) is 2.75. The number of benzene rings is 1. The zero-order valence-electron chi connectivity index (χ0n) is 16.4. The number of Topliss-reactive ketones (excluding diaryl/α,β-unsaturated/α-hetero) is 1. The summed E-state index contributed by atoms with van der Waals surface area (Å²) in [5, 5.41) is 0. The highest BCUT2D eigenvalue weighted by molar-refractivity contribution is 5.89. The Morgan fingerprint density at radius 1 is 1.30 bits per heavy atom. The van der Waals surface area contributed by atoms with E-state index in [1.54, 1.807) is 7.11 Å². The first-order chi connectivity index (χ1) is 13.1. The number of carbonyl (C=O) groups excluding carboxylic acids is 1. The van der Waals surface area contributed by atoms with Crippen LogP contribution in [0.5, 0.6) is 11.5 Å². The zero-order chi connectivity index (χ0) is 18.4. The van der Waals surface area contributed by atoms with E-state index in [1.807, 2.05) is 6.07 Å². The molecule has 2 bridgehead atoms. The highest BCUT2D eigenvalue weighted by Gasteiger charge is 2.72. The molecule has 1 spiro atoms. The Labute approximate surface area is 161 Å². The van der Waals surface area contributed by atoms with Gasteiger partial charge in [-0.1, -0.05) is 13.0 Å². The van der Waals surface area contributed by atoms with E-state index < -0.39 is 0 Å².